The fraction of sp³-hybridized carbons (Fsp3) is 0.429. The topological polar surface area (TPSA) is 92.4 Å². The second kappa shape index (κ2) is 5.84. The second-order valence-corrected chi connectivity index (χ2v) is 5.00. The summed E-state index contributed by atoms with van der Waals surface area (Å²) in [7, 11) is 0. The normalized spacial score (nSPS) is 22.8. The first-order valence-electron chi connectivity index (χ1n) is 6.46. The van der Waals surface area contributed by atoms with Crippen molar-refractivity contribution in [2.45, 2.75) is 31.7 Å². The molecule has 2 rings (SSSR count). The molecule has 1 saturated carbocycles. The van der Waals surface area contributed by atoms with E-state index in [0.717, 1.165) is 19.3 Å². The minimum absolute atomic E-state index is 0.0716. The lowest BCUT2D eigenvalue weighted by Crippen LogP contribution is -2.34. The number of carboxylic acids is 1. The lowest BCUT2D eigenvalue weighted by Gasteiger charge is -2.25. The fourth-order valence-corrected chi connectivity index (χ4v) is 2.44. The molecule has 102 valence electrons. The minimum atomic E-state index is -1.00. The molecule has 0 aliphatic heterocycles. The number of carbonyl (C=O) groups is 2. The van der Waals surface area contributed by atoms with Gasteiger partial charge in [0.05, 0.1) is 5.56 Å². The molecular formula is C14H18N2O3. The molecule has 0 heterocycles. The Bertz CT molecular complexity index is 487. The average molecular weight is 262 g/mol. The van der Waals surface area contributed by atoms with Crippen molar-refractivity contribution in [2.75, 3.05) is 5.32 Å². The first-order valence-corrected chi connectivity index (χ1v) is 6.46. The number of amides is 1. The van der Waals surface area contributed by atoms with Crippen LogP contribution in [0.4, 0.5) is 5.69 Å². The van der Waals surface area contributed by atoms with Gasteiger partial charge in [-0.15, -0.1) is 0 Å². The molecule has 1 amide bonds. The SMILES string of the molecule is NC1CCCC(C(=O)Nc2cccc(C(=O)O)c2)C1. The molecule has 5 nitrogen and oxygen atoms in total. The van der Waals surface area contributed by atoms with Crippen LogP contribution < -0.4 is 11.1 Å². The number of nitrogens with one attached hydrogen (secondary N) is 1. The summed E-state index contributed by atoms with van der Waals surface area (Å²) >= 11 is 0. The van der Waals surface area contributed by atoms with Crippen molar-refractivity contribution in [3.05, 3.63) is 29.8 Å². The summed E-state index contributed by atoms with van der Waals surface area (Å²) in [6.45, 7) is 0. The number of hydrogen-bond acceptors (Lipinski definition) is 3. The minimum Gasteiger partial charge on any atom is -0.478 e. The molecule has 2 atom stereocenters. The molecule has 0 spiro atoms. The molecule has 5 heteroatoms. The van der Waals surface area contributed by atoms with Gasteiger partial charge in [-0.3, -0.25) is 4.79 Å². The molecule has 1 aromatic carbocycles. The lowest BCUT2D eigenvalue weighted by atomic mass is 9.85. The van der Waals surface area contributed by atoms with E-state index in [1.54, 1.807) is 12.1 Å². The zero-order valence-corrected chi connectivity index (χ0v) is 10.6. The second-order valence-electron chi connectivity index (χ2n) is 5.00. The third-order valence-corrected chi connectivity index (χ3v) is 3.46. The third kappa shape index (κ3) is 3.54. The monoisotopic (exact) mass is 262 g/mol. The molecular weight excluding hydrogens is 244 g/mol. The Kier molecular flexibility index (Phi) is 4.16. The van der Waals surface area contributed by atoms with Gasteiger partial charge in [-0.1, -0.05) is 12.5 Å². The van der Waals surface area contributed by atoms with Gasteiger partial charge in [0.25, 0.3) is 0 Å². The Morgan fingerprint density at radius 1 is 1.32 bits per heavy atom. The van der Waals surface area contributed by atoms with Crippen molar-refractivity contribution < 1.29 is 14.7 Å². The highest BCUT2D eigenvalue weighted by Crippen LogP contribution is 2.24. The molecule has 1 aliphatic rings. The van der Waals surface area contributed by atoms with Crippen LogP contribution in [0, 0.1) is 5.92 Å². The van der Waals surface area contributed by atoms with E-state index >= 15 is 0 Å². The molecule has 2 unspecified atom stereocenters. The van der Waals surface area contributed by atoms with E-state index in [-0.39, 0.29) is 23.4 Å². The Morgan fingerprint density at radius 3 is 2.79 bits per heavy atom. The van der Waals surface area contributed by atoms with E-state index < -0.39 is 5.97 Å². The van der Waals surface area contributed by atoms with Crippen molar-refractivity contribution in [1.29, 1.82) is 0 Å². The van der Waals surface area contributed by atoms with E-state index in [1.165, 1.54) is 12.1 Å². The smallest absolute Gasteiger partial charge is 0.335 e. The number of carbonyl (C=O) groups excluding carboxylic acids is 1. The van der Waals surface area contributed by atoms with Gasteiger partial charge in [-0.2, -0.15) is 0 Å². The summed E-state index contributed by atoms with van der Waals surface area (Å²) in [6.07, 6.45) is 3.48. The molecule has 19 heavy (non-hydrogen) atoms. The summed E-state index contributed by atoms with van der Waals surface area (Å²) < 4.78 is 0. The third-order valence-electron chi connectivity index (χ3n) is 3.46. The Balaban J connectivity index is 2.02. The number of anilines is 1. The van der Waals surface area contributed by atoms with Crippen LogP contribution in [-0.4, -0.2) is 23.0 Å². The molecule has 1 aliphatic carbocycles. The Labute approximate surface area is 111 Å². The van der Waals surface area contributed by atoms with Crippen LogP contribution in [0.25, 0.3) is 0 Å². The van der Waals surface area contributed by atoms with Crippen LogP contribution in [-0.2, 0) is 4.79 Å². The largest absolute Gasteiger partial charge is 0.478 e. The number of rotatable bonds is 3. The van der Waals surface area contributed by atoms with Gasteiger partial charge in [-0.25, -0.2) is 4.79 Å². The fourth-order valence-electron chi connectivity index (χ4n) is 2.44. The summed E-state index contributed by atoms with van der Waals surface area (Å²) in [4.78, 5) is 22.9. The number of nitrogens with two attached hydrogens (primary N) is 1. The van der Waals surface area contributed by atoms with E-state index in [0.29, 0.717) is 12.1 Å². The summed E-state index contributed by atoms with van der Waals surface area (Å²) in [6, 6.07) is 6.35. The van der Waals surface area contributed by atoms with Gasteiger partial charge >= 0.3 is 5.97 Å². The number of benzene rings is 1. The molecule has 0 aromatic heterocycles. The van der Waals surface area contributed by atoms with Crippen LogP contribution in [0.2, 0.25) is 0 Å². The predicted octanol–water partition coefficient (Wildman–Crippen LogP) is 1.84. The average Bonchev–Trinajstić information content (AvgIpc) is 2.39. The Morgan fingerprint density at radius 2 is 2.11 bits per heavy atom. The summed E-state index contributed by atoms with van der Waals surface area (Å²) in [5.74, 6) is -1.15. The zero-order valence-electron chi connectivity index (χ0n) is 10.6. The predicted molar refractivity (Wildman–Crippen MR) is 72.0 cm³/mol. The van der Waals surface area contributed by atoms with Gasteiger partial charge in [0.1, 0.15) is 0 Å². The number of carboxylic acid groups (broad SMARTS) is 1. The standard InChI is InChI=1S/C14H18N2O3/c15-11-5-1-3-9(7-11)13(17)16-12-6-2-4-10(8-12)14(18)19/h2,4,6,8-9,11H,1,3,5,7,15H2,(H,16,17)(H,18,19). The summed E-state index contributed by atoms with van der Waals surface area (Å²) in [5.41, 5.74) is 6.55. The molecule has 1 aromatic rings. The maximum Gasteiger partial charge on any atom is 0.335 e. The highest BCUT2D eigenvalue weighted by atomic mass is 16.4. The van der Waals surface area contributed by atoms with Gasteiger partial charge in [0.2, 0.25) is 5.91 Å². The van der Waals surface area contributed by atoms with E-state index in [9.17, 15) is 9.59 Å². The van der Waals surface area contributed by atoms with Crippen LogP contribution in [0.15, 0.2) is 24.3 Å². The van der Waals surface area contributed by atoms with E-state index in [2.05, 4.69) is 5.32 Å². The zero-order chi connectivity index (χ0) is 13.8. The van der Waals surface area contributed by atoms with Crippen molar-refractivity contribution in [3.8, 4) is 0 Å². The van der Waals surface area contributed by atoms with Crippen molar-refractivity contribution in [2.24, 2.45) is 11.7 Å². The highest BCUT2D eigenvalue weighted by molar-refractivity contribution is 5.95. The molecule has 0 saturated heterocycles. The molecule has 4 N–H and O–H groups in total. The first kappa shape index (κ1) is 13.5. The van der Waals surface area contributed by atoms with Gasteiger partial charge < -0.3 is 16.2 Å². The number of aromatic carboxylic acids is 1. The van der Waals surface area contributed by atoms with Crippen LogP contribution in [0.3, 0.4) is 0 Å². The summed E-state index contributed by atoms with van der Waals surface area (Å²) in [5, 5.41) is 11.7. The first-order chi connectivity index (χ1) is 9.06. The van der Waals surface area contributed by atoms with Crippen molar-refractivity contribution in [1.82, 2.24) is 0 Å². The lowest BCUT2D eigenvalue weighted by molar-refractivity contribution is -0.120. The molecule has 0 radical (unpaired) electrons. The van der Waals surface area contributed by atoms with E-state index in [1.807, 2.05) is 0 Å². The van der Waals surface area contributed by atoms with Gasteiger partial charge in [-0.05, 0) is 37.5 Å². The molecule has 1 fully saturated rings. The van der Waals surface area contributed by atoms with Crippen molar-refractivity contribution >= 4 is 17.6 Å². The quantitative estimate of drug-likeness (QED) is 0.775. The van der Waals surface area contributed by atoms with Gasteiger partial charge in [0, 0.05) is 17.6 Å². The maximum absolute atomic E-state index is 12.1. The molecule has 0 bridgehead atoms. The Hall–Kier alpha value is -1.88. The maximum atomic E-state index is 12.1. The van der Waals surface area contributed by atoms with Crippen LogP contribution in [0.5, 0.6) is 0 Å². The highest BCUT2D eigenvalue weighted by Gasteiger charge is 2.25. The van der Waals surface area contributed by atoms with Crippen molar-refractivity contribution in [3.63, 3.8) is 0 Å². The van der Waals surface area contributed by atoms with Crippen LogP contribution >= 0.6 is 0 Å². The van der Waals surface area contributed by atoms with Gasteiger partial charge in [0.15, 0.2) is 0 Å². The van der Waals surface area contributed by atoms with E-state index in [4.69, 9.17) is 10.8 Å². The van der Waals surface area contributed by atoms with Crippen LogP contribution in [0.1, 0.15) is 36.0 Å². The number of hydrogen-bond donors (Lipinski definition) is 3.